The number of halogens is 1. The number of anilines is 1. The van der Waals surface area contributed by atoms with E-state index in [9.17, 15) is 9.59 Å². The van der Waals surface area contributed by atoms with E-state index in [-0.39, 0.29) is 17.7 Å². The third-order valence-corrected chi connectivity index (χ3v) is 3.99. The summed E-state index contributed by atoms with van der Waals surface area (Å²) in [5, 5.41) is 5.96. The van der Waals surface area contributed by atoms with Crippen LogP contribution in [0.1, 0.15) is 24.2 Å². The van der Waals surface area contributed by atoms with Crippen molar-refractivity contribution in [2.45, 2.75) is 19.9 Å². The molecule has 0 aromatic heterocycles. The summed E-state index contributed by atoms with van der Waals surface area (Å²) in [7, 11) is 1.52. The Hall–Kier alpha value is -2.53. The Morgan fingerprint density at radius 1 is 1.08 bits per heavy atom. The summed E-state index contributed by atoms with van der Waals surface area (Å²) in [6, 6.07) is 13.1. The van der Waals surface area contributed by atoms with Crippen LogP contribution in [0.4, 0.5) is 5.69 Å². The number of benzene rings is 2. The molecule has 132 valence electrons. The molecule has 0 saturated carbocycles. The van der Waals surface area contributed by atoms with Crippen LogP contribution < -0.4 is 15.4 Å². The van der Waals surface area contributed by atoms with Gasteiger partial charge in [-0.05, 0) is 36.2 Å². The van der Waals surface area contributed by atoms with E-state index in [1.54, 1.807) is 42.5 Å². The van der Waals surface area contributed by atoms with Crippen LogP contribution >= 0.6 is 11.6 Å². The largest absolute Gasteiger partial charge is 0.495 e. The standard InChI is InChI=1S/C19H21ClN2O3/c1-12(2)17(22-18(23)13-7-5-4-6-8-13)19(24)21-14-9-10-16(25-3)15(20)11-14/h4-12,17H,1-3H3,(H,21,24)(H,22,23)/t17-/m0/s1. The molecule has 0 aliphatic heterocycles. The van der Waals surface area contributed by atoms with Crippen molar-refractivity contribution >= 4 is 29.1 Å². The second-order valence-electron chi connectivity index (χ2n) is 5.90. The minimum absolute atomic E-state index is 0.0821. The quantitative estimate of drug-likeness (QED) is 0.824. The molecule has 0 saturated heterocycles. The monoisotopic (exact) mass is 360 g/mol. The van der Waals surface area contributed by atoms with E-state index in [2.05, 4.69) is 10.6 Å². The third-order valence-electron chi connectivity index (χ3n) is 3.69. The van der Waals surface area contributed by atoms with Crippen molar-refractivity contribution in [1.29, 1.82) is 0 Å². The summed E-state index contributed by atoms with van der Waals surface area (Å²) in [4.78, 5) is 24.9. The van der Waals surface area contributed by atoms with Gasteiger partial charge in [-0.25, -0.2) is 0 Å². The van der Waals surface area contributed by atoms with Gasteiger partial charge in [0.25, 0.3) is 5.91 Å². The van der Waals surface area contributed by atoms with Crippen LogP contribution in [0.25, 0.3) is 0 Å². The maximum Gasteiger partial charge on any atom is 0.251 e. The molecule has 0 radical (unpaired) electrons. The van der Waals surface area contributed by atoms with Crippen LogP contribution in [-0.2, 0) is 4.79 Å². The van der Waals surface area contributed by atoms with Crippen LogP contribution in [0, 0.1) is 5.92 Å². The minimum atomic E-state index is -0.673. The van der Waals surface area contributed by atoms with Crippen molar-refractivity contribution in [3.05, 3.63) is 59.1 Å². The highest BCUT2D eigenvalue weighted by Crippen LogP contribution is 2.27. The average molecular weight is 361 g/mol. The fourth-order valence-corrected chi connectivity index (χ4v) is 2.57. The van der Waals surface area contributed by atoms with E-state index in [0.29, 0.717) is 22.0 Å². The fraction of sp³-hybridized carbons (Fsp3) is 0.263. The lowest BCUT2D eigenvalue weighted by atomic mass is 10.0. The van der Waals surface area contributed by atoms with E-state index in [1.807, 2.05) is 19.9 Å². The number of carbonyl (C=O) groups excluding carboxylic acids is 2. The van der Waals surface area contributed by atoms with E-state index in [4.69, 9.17) is 16.3 Å². The number of nitrogens with one attached hydrogen (secondary N) is 2. The van der Waals surface area contributed by atoms with E-state index in [1.165, 1.54) is 7.11 Å². The van der Waals surface area contributed by atoms with Gasteiger partial charge in [0.15, 0.2) is 0 Å². The molecule has 6 heteroatoms. The van der Waals surface area contributed by atoms with Crippen LogP contribution in [-0.4, -0.2) is 25.0 Å². The van der Waals surface area contributed by atoms with Gasteiger partial charge in [0.1, 0.15) is 11.8 Å². The fourth-order valence-electron chi connectivity index (χ4n) is 2.31. The maximum atomic E-state index is 12.6. The molecule has 0 spiro atoms. The zero-order valence-corrected chi connectivity index (χ0v) is 15.1. The lowest BCUT2D eigenvalue weighted by Crippen LogP contribution is -2.47. The summed E-state index contributed by atoms with van der Waals surface area (Å²) in [5.74, 6) is -0.151. The first-order valence-electron chi connectivity index (χ1n) is 7.92. The first kappa shape index (κ1) is 18.8. The molecule has 2 amide bonds. The van der Waals surface area contributed by atoms with Gasteiger partial charge in [-0.1, -0.05) is 43.6 Å². The van der Waals surface area contributed by atoms with Crippen molar-refractivity contribution in [3.8, 4) is 5.75 Å². The molecule has 2 aromatic carbocycles. The molecule has 2 N–H and O–H groups in total. The maximum absolute atomic E-state index is 12.6. The number of ether oxygens (including phenoxy) is 1. The molecule has 2 aromatic rings. The predicted octanol–water partition coefficient (Wildman–Crippen LogP) is 3.74. The summed E-state index contributed by atoms with van der Waals surface area (Å²) in [6.07, 6.45) is 0. The topological polar surface area (TPSA) is 67.4 Å². The van der Waals surface area contributed by atoms with Gasteiger partial charge in [0, 0.05) is 11.3 Å². The van der Waals surface area contributed by atoms with Crippen molar-refractivity contribution < 1.29 is 14.3 Å². The van der Waals surface area contributed by atoms with Gasteiger partial charge in [-0.15, -0.1) is 0 Å². The lowest BCUT2D eigenvalue weighted by Gasteiger charge is -2.22. The van der Waals surface area contributed by atoms with Gasteiger partial charge in [-0.2, -0.15) is 0 Å². The summed E-state index contributed by atoms with van der Waals surface area (Å²) in [6.45, 7) is 3.74. The van der Waals surface area contributed by atoms with E-state index >= 15 is 0 Å². The van der Waals surface area contributed by atoms with Crippen LogP contribution in [0.15, 0.2) is 48.5 Å². The smallest absolute Gasteiger partial charge is 0.251 e. The number of hydrogen-bond donors (Lipinski definition) is 2. The molecule has 2 rings (SSSR count). The highest BCUT2D eigenvalue weighted by molar-refractivity contribution is 6.32. The summed E-state index contributed by atoms with van der Waals surface area (Å²) in [5.41, 5.74) is 1.05. The molecule has 0 aliphatic carbocycles. The van der Waals surface area contributed by atoms with Gasteiger partial charge in [0.05, 0.1) is 12.1 Å². The van der Waals surface area contributed by atoms with Crippen LogP contribution in [0.5, 0.6) is 5.75 Å². The molecular weight excluding hydrogens is 340 g/mol. The number of rotatable bonds is 6. The van der Waals surface area contributed by atoms with Gasteiger partial charge >= 0.3 is 0 Å². The minimum Gasteiger partial charge on any atom is -0.495 e. The Balaban J connectivity index is 2.10. The van der Waals surface area contributed by atoms with Crippen LogP contribution in [0.3, 0.4) is 0 Å². The Labute approximate surface area is 152 Å². The molecule has 25 heavy (non-hydrogen) atoms. The zero-order chi connectivity index (χ0) is 18.4. The van der Waals surface area contributed by atoms with Gasteiger partial charge < -0.3 is 15.4 Å². The molecular formula is C19H21ClN2O3. The van der Waals surface area contributed by atoms with Gasteiger partial charge in [-0.3, -0.25) is 9.59 Å². The molecule has 5 nitrogen and oxygen atoms in total. The van der Waals surface area contributed by atoms with Crippen molar-refractivity contribution in [3.63, 3.8) is 0 Å². The predicted molar refractivity (Wildman–Crippen MR) is 99.2 cm³/mol. The number of carbonyl (C=O) groups is 2. The zero-order valence-electron chi connectivity index (χ0n) is 14.4. The second-order valence-corrected chi connectivity index (χ2v) is 6.31. The molecule has 0 fully saturated rings. The SMILES string of the molecule is COc1ccc(NC(=O)[C@@H](NC(=O)c2ccccc2)C(C)C)cc1Cl. The third kappa shape index (κ3) is 4.97. The van der Waals surface area contributed by atoms with Crippen molar-refractivity contribution in [2.24, 2.45) is 5.92 Å². The Morgan fingerprint density at radius 2 is 1.76 bits per heavy atom. The molecule has 0 unspecified atom stereocenters. The molecule has 1 atom stereocenters. The number of hydrogen-bond acceptors (Lipinski definition) is 3. The normalized spacial score (nSPS) is 11.7. The number of amides is 2. The Morgan fingerprint density at radius 3 is 2.32 bits per heavy atom. The molecule has 0 bridgehead atoms. The summed E-state index contributed by atoms with van der Waals surface area (Å²) >= 11 is 6.07. The summed E-state index contributed by atoms with van der Waals surface area (Å²) < 4.78 is 5.09. The molecule has 0 heterocycles. The van der Waals surface area contributed by atoms with E-state index in [0.717, 1.165) is 0 Å². The Bertz CT molecular complexity index is 748. The van der Waals surface area contributed by atoms with Crippen molar-refractivity contribution in [2.75, 3.05) is 12.4 Å². The highest BCUT2D eigenvalue weighted by atomic mass is 35.5. The first-order valence-corrected chi connectivity index (χ1v) is 8.30. The highest BCUT2D eigenvalue weighted by Gasteiger charge is 2.25. The lowest BCUT2D eigenvalue weighted by molar-refractivity contribution is -0.118. The van der Waals surface area contributed by atoms with Crippen LogP contribution in [0.2, 0.25) is 5.02 Å². The average Bonchev–Trinajstić information content (AvgIpc) is 2.60. The number of methoxy groups -OCH3 is 1. The van der Waals surface area contributed by atoms with Crippen molar-refractivity contribution in [1.82, 2.24) is 5.32 Å². The molecule has 0 aliphatic rings. The van der Waals surface area contributed by atoms with Gasteiger partial charge in [0.2, 0.25) is 5.91 Å². The Kier molecular flexibility index (Phi) is 6.42. The second kappa shape index (κ2) is 8.53. The van der Waals surface area contributed by atoms with E-state index < -0.39 is 6.04 Å². The first-order chi connectivity index (χ1) is 11.9.